The molecule has 17 nitrogen and oxygen atoms in total. The number of carbonyl (C=O) groups is 9. The monoisotopic (exact) mass is 1330 g/mol. The molecule has 3 saturated carbocycles. The molecule has 3 atom stereocenters. The zero-order chi connectivity index (χ0) is 68.3. The summed E-state index contributed by atoms with van der Waals surface area (Å²) in [7, 11) is 1.52. The van der Waals surface area contributed by atoms with Gasteiger partial charge in [-0.05, 0) is 164 Å². The number of urea groups is 1. The Morgan fingerprint density at radius 3 is 1.28 bits per heavy atom. The number of Topliss-reactive ketones (excluding diaryl/α,β-unsaturated/α-hetero) is 3. The van der Waals surface area contributed by atoms with Crippen LogP contribution in [0, 0.1) is 13.8 Å². The summed E-state index contributed by atoms with van der Waals surface area (Å²) in [6.45, 7) is 18.2. The van der Waals surface area contributed by atoms with E-state index < -0.39 is 6.04 Å². The van der Waals surface area contributed by atoms with Crippen molar-refractivity contribution in [3.63, 3.8) is 0 Å². The quantitative estimate of drug-likeness (QED) is 0.0563. The normalized spacial score (nSPS) is 18.4. The maximum absolute atomic E-state index is 12.9. The van der Waals surface area contributed by atoms with Crippen LogP contribution in [-0.4, -0.2) is 92.9 Å². The van der Waals surface area contributed by atoms with Gasteiger partial charge in [-0.15, -0.1) is 0 Å². The fraction of sp³-hybridized carbons (Fsp3) is 0.338. The Bertz CT molecular complexity index is 4110. The maximum atomic E-state index is 12.9. The molecule has 0 radical (unpaired) electrons. The summed E-state index contributed by atoms with van der Waals surface area (Å²) in [6.07, 6.45) is 8.85. The maximum Gasteiger partial charge on any atom is 0.319 e. The van der Waals surface area contributed by atoms with E-state index in [4.69, 9.17) is 27.9 Å². The molecule has 7 amide bonds. The summed E-state index contributed by atoms with van der Waals surface area (Å²) < 4.78 is 5.11. The first-order valence-corrected chi connectivity index (χ1v) is 33.4. The lowest BCUT2D eigenvalue weighted by molar-refractivity contribution is -0.123. The third-order valence-corrected chi connectivity index (χ3v) is 19.2. The number of nitrogens with zero attached hydrogens (tertiary/aromatic N) is 3. The van der Waals surface area contributed by atoms with E-state index in [-0.39, 0.29) is 71.4 Å². The number of carbonyl (C=O) groups excluding carboxylic acids is 9. The number of hydrogen-bond acceptors (Lipinski definition) is 10. The van der Waals surface area contributed by atoms with E-state index in [2.05, 4.69) is 41.0 Å². The van der Waals surface area contributed by atoms with Crippen LogP contribution in [0.4, 0.5) is 10.5 Å². The predicted molar refractivity (Wildman–Crippen MR) is 370 cm³/mol. The highest BCUT2D eigenvalue weighted by Crippen LogP contribution is 2.35. The fourth-order valence-electron chi connectivity index (χ4n) is 13.2. The Kier molecular flexibility index (Phi) is 22.7. The summed E-state index contributed by atoms with van der Waals surface area (Å²) in [5.74, 6) is 0.372. The number of ether oxygens (including phenoxy) is 1. The van der Waals surface area contributed by atoms with Gasteiger partial charge in [-0.2, -0.15) is 0 Å². The number of nitrogens with one attached hydrogen (secondary N) is 4. The van der Waals surface area contributed by atoms with Crippen LogP contribution in [0.2, 0.25) is 10.0 Å². The molecule has 3 unspecified atom stereocenters. The van der Waals surface area contributed by atoms with Crippen LogP contribution in [0.1, 0.15) is 164 Å². The van der Waals surface area contributed by atoms with Gasteiger partial charge >= 0.3 is 6.03 Å². The Balaban J connectivity index is 0.000000157. The number of rotatable bonds is 15. The zero-order valence-corrected chi connectivity index (χ0v) is 56.2. The van der Waals surface area contributed by atoms with Gasteiger partial charge in [0.25, 0.3) is 17.7 Å². The number of hydrogen-bond donors (Lipinski definition) is 4. The van der Waals surface area contributed by atoms with Gasteiger partial charge in [0.2, 0.25) is 11.8 Å². The second kappa shape index (κ2) is 31.4. The molecule has 6 aromatic rings. The number of methoxy groups -OCH3 is 1. The van der Waals surface area contributed by atoms with E-state index >= 15 is 0 Å². The van der Waals surface area contributed by atoms with Crippen LogP contribution in [-0.2, 0) is 76.1 Å². The second-order valence-corrected chi connectivity index (χ2v) is 26.6. The molecule has 3 aliphatic heterocycles. The molecule has 0 bridgehead atoms. The molecular weight excluding hydrogens is 1250 g/mol. The lowest BCUT2D eigenvalue weighted by atomic mass is 10.1. The third kappa shape index (κ3) is 17.3. The van der Waals surface area contributed by atoms with Crippen molar-refractivity contribution in [3.05, 3.63) is 234 Å². The lowest BCUT2D eigenvalue weighted by Crippen LogP contribution is -2.40. The molecule has 3 heterocycles. The minimum atomic E-state index is -0.396. The molecule has 0 saturated heterocycles. The highest BCUT2D eigenvalue weighted by atomic mass is 35.5. The van der Waals surface area contributed by atoms with Crippen LogP contribution in [0.5, 0.6) is 5.75 Å². The number of halogens is 2. The molecule has 3 fully saturated rings. The summed E-state index contributed by atoms with van der Waals surface area (Å²) in [5, 5.41) is 12.5. The molecule has 6 aromatic carbocycles. The largest absolute Gasteiger partial charge is 0.495 e. The van der Waals surface area contributed by atoms with Crippen molar-refractivity contribution in [2.24, 2.45) is 0 Å². The van der Waals surface area contributed by atoms with Crippen LogP contribution < -0.4 is 26.0 Å². The fourth-order valence-corrected chi connectivity index (χ4v) is 13.7. The molecular formula is C77H81Cl2N7O10. The van der Waals surface area contributed by atoms with Crippen molar-refractivity contribution in [2.45, 2.75) is 161 Å². The molecule has 3 aliphatic carbocycles. The SMILES string of the molecule is C=C1CCCC(N2Cc3cc(CNC(=O)Cc4ccc(C)c(Cl)c4)ccc3C2=O)C(=O)C1.C=C1CCCC(N2Cc3cc(CNC(=O)Cc4ccc(C)cc4)ccc3C2=O)C(=O)C1.C=C1CCCC(N2Cc3cc(CNC(=O)Nc4ccc(OC)c(Cl)c4)ccc3C2=O)C(=O)C1. The van der Waals surface area contributed by atoms with Crippen LogP contribution in [0.15, 0.2) is 152 Å². The first-order chi connectivity index (χ1) is 46.1. The molecule has 498 valence electrons. The first-order valence-electron chi connectivity index (χ1n) is 32.7. The average molecular weight is 1340 g/mol. The molecule has 0 spiro atoms. The number of anilines is 1. The molecule has 0 aromatic heterocycles. The topological polar surface area (TPSA) is 221 Å². The van der Waals surface area contributed by atoms with Crippen molar-refractivity contribution in [1.29, 1.82) is 0 Å². The Morgan fingerprint density at radius 2 is 0.875 bits per heavy atom. The number of ketones is 3. The number of amides is 7. The standard InChI is InChI=1S/C26H27ClN2O3.C26H28N2O3.C25H26ClN3O4/c1-16-4-3-5-23(24(30)10-16)29-15-20-11-19(8-9-21(20)26(29)32)14-28-25(31)13-18-7-6-17(2)22(27)12-18;1-17-6-8-19(9-7-17)14-25(30)27-15-20-10-11-22-21(13-20)16-28(26(22)31)23-5-3-4-18(2)12-24(23)29;1-15-4-3-5-21(22(30)10-15)29-14-17-11-16(6-8-19(17)24(29)31)13-27-25(32)28-18-7-9-23(33-2)20(26)12-18/h6-9,11-12,23H,1,3-5,10,13-15H2,2H3,(H,28,31);6-11,13,23H,2-5,12,14-16H2,1H3,(H,27,30);6-9,11-12,21H,1,3-5,10,13-14H2,2H3,(H2,27,28,32). The van der Waals surface area contributed by atoms with E-state index in [0.29, 0.717) is 122 Å². The smallest absolute Gasteiger partial charge is 0.319 e. The molecule has 6 aliphatic rings. The van der Waals surface area contributed by atoms with Gasteiger partial charge in [0.1, 0.15) is 5.75 Å². The first kappa shape index (κ1) is 69.4. The number of allylic oxidation sites excluding steroid dienone is 3. The molecule has 96 heavy (non-hydrogen) atoms. The van der Waals surface area contributed by atoms with E-state index in [1.165, 1.54) is 12.7 Å². The lowest BCUT2D eigenvalue weighted by Gasteiger charge is -2.25. The van der Waals surface area contributed by atoms with Gasteiger partial charge in [-0.25, -0.2) is 4.79 Å². The van der Waals surface area contributed by atoms with Gasteiger partial charge in [-0.3, -0.25) is 38.4 Å². The molecule has 19 heteroatoms. The summed E-state index contributed by atoms with van der Waals surface area (Å²) >= 11 is 12.2. The van der Waals surface area contributed by atoms with Gasteiger partial charge in [0, 0.05) is 85.9 Å². The minimum absolute atomic E-state index is 0.0358. The summed E-state index contributed by atoms with van der Waals surface area (Å²) in [6, 6.07) is 33.8. The van der Waals surface area contributed by atoms with Crippen LogP contribution >= 0.6 is 23.2 Å². The van der Waals surface area contributed by atoms with Gasteiger partial charge in [0.05, 0.1) is 43.1 Å². The van der Waals surface area contributed by atoms with E-state index in [1.54, 1.807) is 45.0 Å². The van der Waals surface area contributed by atoms with Crippen molar-refractivity contribution in [1.82, 2.24) is 30.7 Å². The Hall–Kier alpha value is -9.45. The van der Waals surface area contributed by atoms with Crippen LogP contribution in [0.3, 0.4) is 0 Å². The van der Waals surface area contributed by atoms with Crippen molar-refractivity contribution >= 4 is 81.8 Å². The summed E-state index contributed by atoms with van der Waals surface area (Å²) in [4.78, 5) is 119. The number of fused-ring (bicyclic) bond motifs is 3. The molecule has 12 rings (SSSR count). The average Bonchev–Trinajstić information content (AvgIpc) is 1.66. The van der Waals surface area contributed by atoms with Crippen molar-refractivity contribution < 1.29 is 47.9 Å². The Labute approximate surface area is 570 Å². The van der Waals surface area contributed by atoms with Gasteiger partial charge in [0.15, 0.2) is 17.3 Å². The van der Waals surface area contributed by atoms with E-state index in [1.807, 2.05) is 98.8 Å². The highest BCUT2D eigenvalue weighted by Gasteiger charge is 2.40. The number of aryl methyl sites for hydroxylation is 2. The zero-order valence-electron chi connectivity index (χ0n) is 54.6. The Morgan fingerprint density at radius 1 is 0.479 bits per heavy atom. The number of benzene rings is 6. The second-order valence-electron chi connectivity index (χ2n) is 25.8. The van der Waals surface area contributed by atoms with Crippen molar-refractivity contribution in [3.8, 4) is 5.75 Å². The third-order valence-electron chi connectivity index (χ3n) is 18.5. The summed E-state index contributed by atoms with van der Waals surface area (Å²) in [5.41, 5.74) is 14.8. The van der Waals surface area contributed by atoms with E-state index in [0.717, 1.165) is 105 Å². The van der Waals surface area contributed by atoms with Gasteiger partial charge < -0.3 is 40.7 Å². The van der Waals surface area contributed by atoms with Gasteiger partial charge in [-0.1, -0.05) is 138 Å². The van der Waals surface area contributed by atoms with Crippen LogP contribution in [0.25, 0.3) is 0 Å². The highest BCUT2D eigenvalue weighted by molar-refractivity contribution is 6.32. The molecule has 4 N–H and O–H groups in total. The van der Waals surface area contributed by atoms with E-state index in [9.17, 15) is 43.2 Å². The predicted octanol–water partition coefficient (Wildman–Crippen LogP) is 13.1. The minimum Gasteiger partial charge on any atom is -0.495 e. The van der Waals surface area contributed by atoms with Crippen molar-refractivity contribution in [2.75, 3.05) is 12.4 Å².